The Hall–Kier alpha value is -2.46. The van der Waals surface area contributed by atoms with Crippen LogP contribution in [0.4, 0.5) is 4.79 Å². The molecule has 0 aromatic heterocycles. The van der Waals surface area contributed by atoms with Gasteiger partial charge in [-0.3, -0.25) is 14.9 Å². The Morgan fingerprint density at radius 2 is 1.80 bits per heavy atom. The molecule has 0 fully saturated rings. The van der Waals surface area contributed by atoms with Crippen LogP contribution in [0, 0.1) is 13.8 Å². The maximum atomic E-state index is 12.2. The van der Waals surface area contributed by atoms with E-state index >= 15 is 0 Å². The smallest absolute Gasteiger partial charge is 0.321 e. The number of sulfonamides is 1. The molecule has 0 saturated carbocycles. The molecule has 0 aliphatic carbocycles. The van der Waals surface area contributed by atoms with Gasteiger partial charge < -0.3 is 10.1 Å². The molecular weight excluding hydrogens is 350 g/mol. The van der Waals surface area contributed by atoms with Crippen LogP contribution in [0.15, 0.2) is 23.1 Å². The highest BCUT2D eigenvalue weighted by atomic mass is 32.2. The first-order valence-electron chi connectivity index (χ1n) is 7.35. The van der Waals surface area contributed by atoms with Crippen molar-refractivity contribution in [2.45, 2.75) is 31.8 Å². The number of imide groups is 1. The molecule has 1 rings (SSSR count). The van der Waals surface area contributed by atoms with E-state index in [4.69, 9.17) is 4.74 Å². The SMILES string of the molecule is CNC(=O)NC(=O)[C@H](C)OC(=O)CNS(=O)(=O)c1ccc(C)c(C)c1. The molecule has 0 unspecified atom stereocenters. The van der Waals surface area contributed by atoms with E-state index in [-0.39, 0.29) is 4.90 Å². The predicted octanol–water partition coefficient (Wildman–Crippen LogP) is -0.0310. The molecule has 1 atom stereocenters. The van der Waals surface area contributed by atoms with Gasteiger partial charge in [-0.25, -0.2) is 13.2 Å². The van der Waals surface area contributed by atoms with Gasteiger partial charge in [0.25, 0.3) is 5.91 Å². The van der Waals surface area contributed by atoms with Gasteiger partial charge in [-0.1, -0.05) is 6.07 Å². The number of hydrogen-bond donors (Lipinski definition) is 3. The van der Waals surface area contributed by atoms with Crippen LogP contribution in [0.3, 0.4) is 0 Å². The Morgan fingerprint density at radius 1 is 1.16 bits per heavy atom. The first-order valence-corrected chi connectivity index (χ1v) is 8.84. The standard InChI is InChI=1S/C15H21N3O6S/c1-9-5-6-12(7-10(9)2)25(22,23)17-8-13(19)24-11(3)14(20)18-15(21)16-4/h5-7,11,17H,8H2,1-4H3,(H2,16,18,20,21)/t11-/m0/s1. The highest BCUT2D eigenvalue weighted by Crippen LogP contribution is 2.14. The Balaban J connectivity index is 2.61. The summed E-state index contributed by atoms with van der Waals surface area (Å²) >= 11 is 0. The fraction of sp³-hybridized carbons (Fsp3) is 0.400. The van der Waals surface area contributed by atoms with Crippen LogP contribution in [-0.4, -0.2) is 46.0 Å². The van der Waals surface area contributed by atoms with Crippen molar-refractivity contribution in [1.29, 1.82) is 0 Å². The van der Waals surface area contributed by atoms with Crippen LogP contribution in [0.5, 0.6) is 0 Å². The van der Waals surface area contributed by atoms with Crippen molar-refractivity contribution in [3.63, 3.8) is 0 Å². The van der Waals surface area contributed by atoms with Crippen LogP contribution in [0.2, 0.25) is 0 Å². The summed E-state index contributed by atoms with van der Waals surface area (Å²) < 4.78 is 31.2. The van der Waals surface area contributed by atoms with Gasteiger partial charge in [0.15, 0.2) is 6.10 Å². The molecule has 3 N–H and O–H groups in total. The normalized spacial score (nSPS) is 12.2. The van der Waals surface area contributed by atoms with E-state index in [9.17, 15) is 22.8 Å². The molecular formula is C15H21N3O6S. The van der Waals surface area contributed by atoms with Crippen molar-refractivity contribution in [3.05, 3.63) is 29.3 Å². The van der Waals surface area contributed by atoms with Crippen molar-refractivity contribution in [1.82, 2.24) is 15.4 Å². The van der Waals surface area contributed by atoms with Crippen molar-refractivity contribution in [2.24, 2.45) is 0 Å². The largest absolute Gasteiger partial charge is 0.452 e. The van der Waals surface area contributed by atoms with Gasteiger partial charge in [0.1, 0.15) is 6.54 Å². The minimum atomic E-state index is -3.89. The van der Waals surface area contributed by atoms with E-state index in [2.05, 4.69) is 10.0 Å². The second-order valence-corrected chi connectivity index (χ2v) is 7.04. The number of aryl methyl sites for hydroxylation is 2. The highest BCUT2D eigenvalue weighted by molar-refractivity contribution is 7.89. The first-order chi connectivity index (χ1) is 11.6. The molecule has 0 spiro atoms. The lowest BCUT2D eigenvalue weighted by Gasteiger charge is -2.13. The first kappa shape index (κ1) is 20.6. The van der Waals surface area contributed by atoms with Gasteiger partial charge in [-0.15, -0.1) is 0 Å². The Bertz CT molecular complexity index is 775. The molecule has 0 heterocycles. The number of ether oxygens (including phenoxy) is 1. The summed E-state index contributed by atoms with van der Waals surface area (Å²) in [7, 11) is -2.57. The summed E-state index contributed by atoms with van der Waals surface area (Å²) in [6.45, 7) is 4.23. The van der Waals surface area contributed by atoms with Crippen molar-refractivity contribution in [2.75, 3.05) is 13.6 Å². The fourth-order valence-corrected chi connectivity index (χ4v) is 2.74. The van der Waals surface area contributed by atoms with Crippen LogP contribution in [-0.2, 0) is 24.3 Å². The zero-order valence-electron chi connectivity index (χ0n) is 14.4. The summed E-state index contributed by atoms with van der Waals surface area (Å²) in [6, 6.07) is 3.83. The van der Waals surface area contributed by atoms with Gasteiger partial charge in [0.2, 0.25) is 10.0 Å². The van der Waals surface area contributed by atoms with Gasteiger partial charge in [-0.2, -0.15) is 4.72 Å². The van der Waals surface area contributed by atoms with Gasteiger partial charge in [0.05, 0.1) is 4.90 Å². The molecule has 9 nitrogen and oxygen atoms in total. The number of amides is 3. The zero-order valence-corrected chi connectivity index (χ0v) is 15.2. The van der Waals surface area contributed by atoms with Gasteiger partial charge in [0, 0.05) is 7.05 Å². The second kappa shape index (κ2) is 8.58. The van der Waals surface area contributed by atoms with E-state index in [1.165, 1.54) is 26.1 Å². The maximum Gasteiger partial charge on any atom is 0.321 e. The molecule has 10 heteroatoms. The number of rotatable bonds is 6. The number of carbonyl (C=O) groups excluding carboxylic acids is 3. The summed E-state index contributed by atoms with van der Waals surface area (Å²) in [4.78, 5) is 34.3. The molecule has 0 saturated heterocycles. The molecule has 0 aliphatic rings. The predicted molar refractivity (Wildman–Crippen MR) is 89.3 cm³/mol. The van der Waals surface area contributed by atoms with Crippen LogP contribution in [0.1, 0.15) is 18.1 Å². The summed E-state index contributed by atoms with van der Waals surface area (Å²) in [6.07, 6.45) is -1.25. The lowest BCUT2D eigenvalue weighted by molar-refractivity contribution is -0.153. The molecule has 3 amide bonds. The van der Waals surface area contributed by atoms with Crippen LogP contribution < -0.4 is 15.4 Å². The van der Waals surface area contributed by atoms with Crippen molar-refractivity contribution < 1.29 is 27.5 Å². The van der Waals surface area contributed by atoms with E-state index in [1.807, 2.05) is 12.2 Å². The Kier molecular flexibility index (Phi) is 7.07. The molecule has 0 radical (unpaired) electrons. The lowest BCUT2D eigenvalue weighted by atomic mass is 10.1. The third-order valence-corrected chi connectivity index (χ3v) is 4.74. The highest BCUT2D eigenvalue weighted by Gasteiger charge is 2.21. The minimum absolute atomic E-state index is 0.0220. The second-order valence-electron chi connectivity index (χ2n) is 5.27. The molecule has 0 aliphatic heterocycles. The van der Waals surface area contributed by atoms with Gasteiger partial charge >= 0.3 is 12.0 Å². The van der Waals surface area contributed by atoms with E-state index in [0.29, 0.717) is 0 Å². The molecule has 0 bridgehead atoms. The quantitative estimate of drug-likeness (QED) is 0.602. The van der Waals surface area contributed by atoms with E-state index < -0.39 is 40.6 Å². The number of nitrogens with one attached hydrogen (secondary N) is 3. The Labute approximate surface area is 146 Å². The number of hydrogen-bond acceptors (Lipinski definition) is 6. The molecule has 1 aromatic carbocycles. The fourth-order valence-electron chi connectivity index (χ4n) is 1.69. The number of benzene rings is 1. The van der Waals surface area contributed by atoms with Gasteiger partial charge in [-0.05, 0) is 44.0 Å². The average molecular weight is 371 g/mol. The lowest BCUT2D eigenvalue weighted by Crippen LogP contribution is -2.44. The number of urea groups is 1. The third kappa shape index (κ3) is 6.16. The topological polar surface area (TPSA) is 131 Å². The third-order valence-electron chi connectivity index (χ3n) is 3.34. The zero-order chi connectivity index (χ0) is 19.2. The minimum Gasteiger partial charge on any atom is -0.452 e. The maximum absolute atomic E-state index is 12.2. The van der Waals surface area contributed by atoms with E-state index in [0.717, 1.165) is 11.1 Å². The summed E-state index contributed by atoms with van der Waals surface area (Å²) in [5, 5.41) is 4.11. The van der Waals surface area contributed by atoms with Crippen LogP contribution >= 0.6 is 0 Å². The monoisotopic (exact) mass is 371 g/mol. The van der Waals surface area contributed by atoms with Crippen molar-refractivity contribution in [3.8, 4) is 0 Å². The van der Waals surface area contributed by atoms with Crippen LogP contribution in [0.25, 0.3) is 0 Å². The summed E-state index contributed by atoms with van der Waals surface area (Å²) in [5.74, 6) is -1.78. The Morgan fingerprint density at radius 3 is 2.36 bits per heavy atom. The molecule has 25 heavy (non-hydrogen) atoms. The molecule has 138 valence electrons. The average Bonchev–Trinajstić information content (AvgIpc) is 2.55. The summed E-state index contributed by atoms with van der Waals surface area (Å²) in [5.41, 5.74) is 1.74. The van der Waals surface area contributed by atoms with Crippen molar-refractivity contribution >= 4 is 27.9 Å². The number of esters is 1. The van der Waals surface area contributed by atoms with E-state index in [1.54, 1.807) is 13.0 Å². The molecule has 1 aromatic rings. The number of carbonyl (C=O) groups is 3.